The molecule has 0 aliphatic rings. The molecule has 0 heterocycles. The van der Waals surface area contributed by atoms with E-state index in [-0.39, 0.29) is 5.97 Å². The van der Waals surface area contributed by atoms with Crippen molar-refractivity contribution in [3.8, 4) is 11.1 Å². The number of unbranched alkanes of at least 4 members (excludes halogenated alkanes) is 6. The van der Waals surface area contributed by atoms with Crippen LogP contribution in [-0.4, -0.2) is 13.1 Å². The molecule has 25 heavy (non-hydrogen) atoms. The predicted octanol–water partition coefficient (Wildman–Crippen LogP) is 6.43. The molecular weight excluding hydrogens is 308 g/mol. The molecule has 2 aromatic carbocycles. The summed E-state index contributed by atoms with van der Waals surface area (Å²) in [5, 5.41) is 0. The number of esters is 1. The van der Waals surface area contributed by atoms with Crippen LogP contribution < -0.4 is 0 Å². The molecule has 2 heteroatoms. The lowest BCUT2D eigenvalue weighted by atomic mass is 10.00. The molecule has 2 rings (SSSR count). The number of ether oxygens (including phenoxy) is 1. The van der Waals surface area contributed by atoms with E-state index in [1.807, 2.05) is 24.3 Å². The van der Waals surface area contributed by atoms with Crippen LogP contribution in [0.1, 0.15) is 67.8 Å². The van der Waals surface area contributed by atoms with E-state index in [1.165, 1.54) is 63.2 Å². The Balaban J connectivity index is 1.80. The number of methoxy groups -OCH3 is 1. The first-order valence-corrected chi connectivity index (χ1v) is 9.52. The van der Waals surface area contributed by atoms with Gasteiger partial charge in [-0.05, 0) is 41.7 Å². The summed E-state index contributed by atoms with van der Waals surface area (Å²) in [7, 11) is 1.40. The zero-order valence-electron chi connectivity index (χ0n) is 15.6. The van der Waals surface area contributed by atoms with Gasteiger partial charge < -0.3 is 4.74 Å². The Morgan fingerprint density at radius 2 is 1.28 bits per heavy atom. The van der Waals surface area contributed by atoms with Crippen molar-refractivity contribution in [1.82, 2.24) is 0 Å². The summed E-state index contributed by atoms with van der Waals surface area (Å²) < 4.78 is 4.73. The summed E-state index contributed by atoms with van der Waals surface area (Å²) in [6.07, 6.45) is 10.6. The summed E-state index contributed by atoms with van der Waals surface area (Å²) in [6, 6.07) is 16.4. The fourth-order valence-corrected chi connectivity index (χ4v) is 3.07. The highest BCUT2D eigenvalue weighted by Gasteiger charge is 2.05. The van der Waals surface area contributed by atoms with Crippen molar-refractivity contribution in [3.05, 3.63) is 59.7 Å². The molecule has 0 radical (unpaired) electrons. The molecule has 2 aromatic rings. The largest absolute Gasteiger partial charge is 0.465 e. The van der Waals surface area contributed by atoms with Crippen LogP contribution >= 0.6 is 0 Å². The summed E-state index contributed by atoms with van der Waals surface area (Å²) in [5.74, 6) is -0.295. The topological polar surface area (TPSA) is 26.3 Å². The number of rotatable bonds is 10. The lowest BCUT2D eigenvalue weighted by Crippen LogP contribution is -2.00. The van der Waals surface area contributed by atoms with Crippen LogP contribution in [0.25, 0.3) is 11.1 Å². The molecule has 0 aliphatic heterocycles. The van der Waals surface area contributed by atoms with Crippen molar-refractivity contribution >= 4 is 5.97 Å². The van der Waals surface area contributed by atoms with Gasteiger partial charge in [-0.3, -0.25) is 0 Å². The van der Waals surface area contributed by atoms with E-state index < -0.39 is 0 Å². The highest BCUT2D eigenvalue weighted by atomic mass is 16.5. The minimum atomic E-state index is -0.295. The molecule has 0 amide bonds. The van der Waals surface area contributed by atoms with E-state index in [9.17, 15) is 4.79 Å². The maximum atomic E-state index is 11.5. The van der Waals surface area contributed by atoms with Gasteiger partial charge >= 0.3 is 5.97 Å². The minimum absolute atomic E-state index is 0.295. The number of aryl methyl sites for hydroxylation is 1. The van der Waals surface area contributed by atoms with Crippen LogP contribution in [0.2, 0.25) is 0 Å². The van der Waals surface area contributed by atoms with Gasteiger partial charge in [-0.2, -0.15) is 0 Å². The molecule has 0 fully saturated rings. The first-order chi connectivity index (χ1) is 12.2. The van der Waals surface area contributed by atoms with Crippen molar-refractivity contribution in [3.63, 3.8) is 0 Å². The smallest absolute Gasteiger partial charge is 0.337 e. The molecule has 0 unspecified atom stereocenters. The van der Waals surface area contributed by atoms with Gasteiger partial charge in [0.2, 0.25) is 0 Å². The molecule has 0 bridgehead atoms. The average Bonchev–Trinajstić information content (AvgIpc) is 2.67. The Morgan fingerprint density at radius 3 is 1.84 bits per heavy atom. The van der Waals surface area contributed by atoms with Crippen LogP contribution in [0.15, 0.2) is 48.5 Å². The lowest BCUT2D eigenvalue weighted by molar-refractivity contribution is 0.0601. The normalized spacial score (nSPS) is 10.6. The van der Waals surface area contributed by atoms with Crippen LogP contribution in [0.5, 0.6) is 0 Å². The molecule has 0 N–H and O–H groups in total. The maximum Gasteiger partial charge on any atom is 0.337 e. The van der Waals surface area contributed by atoms with Crippen LogP contribution in [0.3, 0.4) is 0 Å². The summed E-state index contributed by atoms with van der Waals surface area (Å²) in [6.45, 7) is 2.26. The Kier molecular flexibility index (Phi) is 8.24. The molecule has 0 saturated heterocycles. The molecular formula is C23H30O2. The first-order valence-electron chi connectivity index (χ1n) is 9.52. The van der Waals surface area contributed by atoms with Crippen molar-refractivity contribution < 1.29 is 9.53 Å². The molecule has 0 atom stereocenters. The maximum absolute atomic E-state index is 11.5. The van der Waals surface area contributed by atoms with E-state index in [1.54, 1.807) is 0 Å². The van der Waals surface area contributed by atoms with Gasteiger partial charge in [0.15, 0.2) is 0 Å². The Morgan fingerprint density at radius 1 is 0.760 bits per heavy atom. The van der Waals surface area contributed by atoms with Crippen molar-refractivity contribution in [2.45, 2.75) is 58.3 Å². The Bertz CT molecular complexity index is 626. The molecule has 0 saturated carbocycles. The summed E-state index contributed by atoms with van der Waals surface area (Å²) in [5.41, 5.74) is 4.29. The van der Waals surface area contributed by atoms with Crippen LogP contribution in [-0.2, 0) is 11.2 Å². The van der Waals surface area contributed by atoms with Gasteiger partial charge in [-0.25, -0.2) is 4.79 Å². The first kappa shape index (κ1) is 19.2. The molecule has 0 aliphatic carbocycles. The number of hydrogen-bond donors (Lipinski definition) is 0. The Hall–Kier alpha value is -2.09. The third-order valence-corrected chi connectivity index (χ3v) is 4.66. The highest BCUT2D eigenvalue weighted by molar-refractivity contribution is 5.89. The molecule has 2 nitrogen and oxygen atoms in total. The Labute approximate surface area is 152 Å². The third kappa shape index (κ3) is 6.38. The lowest BCUT2D eigenvalue weighted by Gasteiger charge is -2.06. The van der Waals surface area contributed by atoms with Gasteiger partial charge in [-0.15, -0.1) is 0 Å². The predicted molar refractivity (Wildman–Crippen MR) is 105 cm³/mol. The van der Waals surface area contributed by atoms with Crippen LogP contribution in [0, 0.1) is 0 Å². The highest BCUT2D eigenvalue weighted by Crippen LogP contribution is 2.21. The van der Waals surface area contributed by atoms with E-state index in [2.05, 4.69) is 31.2 Å². The van der Waals surface area contributed by atoms with Gasteiger partial charge in [0.05, 0.1) is 12.7 Å². The zero-order chi connectivity index (χ0) is 17.9. The molecule has 0 spiro atoms. The number of hydrogen-bond acceptors (Lipinski definition) is 2. The van der Waals surface area contributed by atoms with Crippen molar-refractivity contribution in [2.75, 3.05) is 7.11 Å². The average molecular weight is 338 g/mol. The van der Waals surface area contributed by atoms with E-state index in [0.717, 1.165) is 12.0 Å². The SMILES string of the molecule is CCCCCCCCCc1ccc(-c2ccc(C(=O)OC)cc2)cc1. The van der Waals surface area contributed by atoms with Crippen LogP contribution in [0.4, 0.5) is 0 Å². The van der Waals surface area contributed by atoms with Gasteiger partial charge in [0, 0.05) is 0 Å². The number of carbonyl (C=O) groups excluding carboxylic acids is 1. The second-order valence-corrected chi connectivity index (χ2v) is 6.64. The second-order valence-electron chi connectivity index (χ2n) is 6.64. The fourth-order valence-electron chi connectivity index (χ4n) is 3.07. The quantitative estimate of drug-likeness (QED) is 0.368. The summed E-state index contributed by atoms with van der Waals surface area (Å²) >= 11 is 0. The van der Waals surface area contributed by atoms with Gasteiger partial charge in [0.25, 0.3) is 0 Å². The van der Waals surface area contributed by atoms with Crippen molar-refractivity contribution in [2.24, 2.45) is 0 Å². The third-order valence-electron chi connectivity index (χ3n) is 4.66. The molecule has 134 valence electrons. The standard InChI is InChI=1S/C23H30O2/c1-3-4-5-6-7-8-9-10-19-11-13-20(14-12-19)21-15-17-22(18-16-21)23(24)25-2/h11-18H,3-10H2,1-2H3. The number of carbonyl (C=O) groups is 1. The van der Waals surface area contributed by atoms with Gasteiger partial charge in [0.1, 0.15) is 0 Å². The van der Waals surface area contributed by atoms with E-state index in [4.69, 9.17) is 4.74 Å². The second kappa shape index (κ2) is 10.7. The zero-order valence-corrected chi connectivity index (χ0v) is 15.6. The fraction of sp³-hybridized carbons (Fsp3) is 0.435. The van der Waals surface area contributed by atoms with E-state index in [0.29, 0.717) is 5.56 Å². The van der Waals surface area contributed by atoms with E-state index >= 15 is 0 Å². The van der Waals surface area contributed by atoms with Gasteiger partial charge in [-0.1, -0.05) is 81.8 Å². The summed E-state index contributed by atoms with van der Waals surface area (Å²) in [4.78, 5) is 11.5. The monoisotopic (exact) mass is 338 g/mol. The van der Waals surface area contributed by atoms with Crippen molar-refractivity contribution in [1.29, 1.82) is 0 Å². The molecule has 0 aromatic heterocycles. The minimum Gasteiger partial charge on any atom is -0.465 e. The number of benzene rings is 2.